The molecule has 1 atom stereocenters. The number of unbranched alkanes of at least 4 members (excludes halogenated alkanes) is 7. The predicted molar refractivity (Wildman–Crippen MR) is 69.7 cm³/mol. The highest BCUT2D eigenvalue weighted by Crippen LogP contribution is 2.08. The number of hydrogen-bond acceptors (Lipinski definition) is 2. The Bertz CT molecular complexity index is 126. The lowest BCUT2D eigenvalue weighted by Crippen LogP contribution is -2.14. The van der Waals surface area contributed by atoms with Crippen LogP contribution in [0, 0.1) is 0 Å². The summed E-state index contributed by atoms with van der Waals surface area (Å²) in [7, 11) is 0. The Kier molecular flexibility index (Phi) is 12.9. The zero-order valence-electron chi connectivity index (χ0n) is 11.2. The fraction of sp³-hybridized carbons (Fsp3) is 1.00. The van der Waals surface area contributed by atoms with E-state index in [1.54, 1.807) is 0 Å². The van der Waals surface area contributed by atoms with Gasteiger partial charge in [-0.15, -0.1) is 0 Å². The van der Waals surface area contributed by atoms with E-state index in [1.807, 2.05) is 6.92 Å². The first-order valence-corrected chi connectivity index (χ1v) is 7.07. The molecule has 0 unspecified atom stereocenters. The maximum absolute atomic E-state index is 9.26. The lowest BCUT2D eigenvalue weighted by atomic mass is 10.1. The fourth-order valence-electron chi connectivity index (χ4n) is 1.68. The van der Waals surface area contributed by atoms with Crippen LogP contribution in [0.25, 0.3) is 0 Å². The van der Waals surface area contributed by atoms with Crippen LogP contribution in [0.1, 0.15) is 71.6 Å². The van der Waals surface area contributed by atoms with Gasteiger partial charge in [-0.2, -0.15) is 0 Å². The molecule has 0 heterocycles. The van der Waals surface area contributed by atoms with Gasteiger partial charge in [-0.1, -0.05) is 58.8 Å². The SMILES string of the molecule is CCCCCCCCCCOC[C@@H](O)CC. The number of aliphatic hydroxyl groups excluding tert-OH is 1. The first-order valence-electron chi connectivity index (χ1n) is 7.07. The van der Waals surface area contributed by atoms with E-state index in [4.69, 9.17) is 4.74 Å². The number of rotatable bonds is 12. The zero-order valence-corrected chi connectivity index (χ0v) is 11.2. The molecule has 0 aromatic carbocycles. The van der Waals surface area contributed by atoms with Gasteiger partial charge in [0.05, 0.1) is 12.7 Å². The summed E-state index contributed by atoms with van der Waals surface area (Å²) in [5.41, 5.74) is 0. The molecule has 0 amide bonds. The number of ether oxygens (including phenoxy) is 1. The largest absolute Gasteiger partial charge is 0.391 e. The molecule has 2 heteroatoms. The summed E-state index contributed by atoms with van der Waals surface area (Å²) in [6.45, 7) is 5.55. The molecule has 16 heavy (non-hydrogen) atoms. The van der Waals surface area contributed by atoms with Crippen LogP contribution in [0.3, 0.4) is 0 Å². The standard InChI is InChI=1S/C14H30O2/c1-3-5-6-7-8-9-10-11-12-16-13-14(15)4-2/h14-15H,3-13H2,1-2H3/t14-/m0/s1. The van der Waals surface area contributed by atoms with E-state index < -0.39 is 0 Å². The van der Waals surface area contributed by atoms with Gasteiger partial charge in [0.1, 0.15) is 0 Å². The zero-order chi connectivity index (χ0) is 12.1. The molecular formula is C14H30O2. The van der Waals surface area contributed by atoms with Crippen molar-refractivity contribution in [3.8, 4) is 0 Å². The Morgan fingerprint density at radius 1 is 0.875 bits per heavy atom. The molecule has 0 spiro atoms. The maximum atomic E-state index is 9.26. The summed E-state index contributed by atoms with van der Waals surface area (Å²) in [4.78, 5) is 0. The van der Waals surface area contributed by atoms with E-state index in [0.29, 0.717) is 6.61 Å². The number of hydrogen-bond donors (Lipinski definition) is 1. The highest BCUT2D eigenvalue weighted by Gasteiger charge is 1.99. The average Bonchev–Trinajstić information content (AvgIpc) is 2.31. The van der Waals surface area contributed by atoms with Crippen LogP contribution >= 0.6 is 0 Å². The quantitative estimate of drug-likeness (QED) is 0.515. The van der Waals surface area contributed by atoms with Crippen molar-refractivity contribution in [2.75, 3.05) is 13.2 Å². The van der Waals surface area contributed by atoms with E-state index >= 15 is 0 Å². The minimum absolute atomic E-state index is 0.269. The Labute approximate surface area is 101 Å². The minimum Gasteiger partial charge on any atom is -0.391 e. The summed E-state index contributed by atoms with van der Waals surface area (Å²) >= 11 is 0. The van der Waals surface area contributed by atoms with Crippen molar-refractivity contribution in [3.63, 3.8) is 0 Å². The van der Waals surface area contributed by atoms with Crippen molar-refractivity contribution >= 4 is 0 Å². The lowest BCUT2D eigenvalue weighted by molar-refractivity contribution is 0.0335. The van der Waals surface area contributed by atoms with Crippen LogP contribution in [0.4, 0.5) is 0 Å². The molecule has 0 aliphatic heterocycles. The van der Waals surface area contributed by atoms with Gasteiger partial charge in [-0.25, -0.2) is 0 Å². The third kappa shape index (κ3) is 12.0. The maximum Gasteiger partial charge on any atom is 0.0771 e. The van der Waals surface area contributed by atoms with Crippen molar-refractivity contribution in [3.05, 3.63) is 0 Å². The molecule has 0 aliphatic rings. The van der Waals surface area contributed by atoms with E-state index in [1.165, 1.54) is 44.9 Å². The first-order chi connectivity index (χ1) is 7.81. The van der Waals surface area contributed by atoms with Crippen LogP contribution in [0.5, 0.6) is 0 Å². The Morgan fingerprint density at radius 3 is 2.00 bits per heavy atom. The molecule has 0 bridgehead atoms. The third-order valence-electron chi connectivity index (χ3n) is 2.92. The topological polar surface area (TPSA) is 29.5 Å². The Hall–Kier alpha value is -0.0800. The molecule has 0 rings (SSSR count). The van der Waals surface area contributed by atoms with Gasteiger partial charge >= 0.3 is 0 Å². The highest BCUT2D eigenvalue weighted by atomic mass is 16.5. The second-order valence-electron chi connectivity index (χ2n) is 4.61. The third-order valence-corrected chi connectivity index (χ3v) is 2.92. The van der Waals surface area contributed by atoms with Crippen molar-refractivity contribution < 1.29 is 9.84 Å². The second kappa shape index (κ2) is 13.0. The fourth-order valence-corrected chi connectivity index (χ4v) is 1.68. The van der Waals surface area contributed by atoms with Gasteiger partial charge in [-0.3, -0.25) is 0 Å². The Balaban J connectivity index is 2.93. The van der Waals surface area contributed by atoms with Gasteiger partial charge in [0.2, 0.25) is 0 Å². The molecule has 0 aromatic heterocycles. The Morgan fingerprint density at radius 2 is 1.44 bits per heavy atom. The summed E-state index contributed by atoms with van der Waals surface area (Å²) in [5, 5.41) is 9.26. The predicted octanol–water partition coefficient (Wildman–Crippen LogP) is 3.91. The van der Waals surface area contributed by atoms with Gasteiger partial charge in [-0.05, 0) is 12.8 Å². The molecule has 0 saturated heterocycles. The van der Waals surface area contributed by atoms with E-state index in [9.17, 15) is 5.11 Å². The van der Waals surface area contributed by atoms with Gasteiger partial charge in [0.25, 0.3) is 0 Å². The highest BCUT2D eigenvalue weighted by molar-refractivity contribution is 4.49. The van der Waals surface area contributed by atoms with Crippen molar-refractivity contribution in [1.29, 1.82) is 0 Å². The van der Waals surface area contributed by atoms with Gasteiger partial charge in [0.15, 0.2) is 0 Å². The van der Waals surface area contributed by atoms with E-state index in [-0.39, 0.29) is 6.10 Å². The van der Waals surface area contributed by atoms with Crippen LogP contribution in [0.2, 0.25) is 0 Å². The monoisotopic (exact) mass is 230 g/mol. The van der Waals surface area contributed by atoms with Crippen molar-refractivity contribution in [1.82, 2.24) is 0 Å². The molecular weight excluding hydrogens is 200 g/mol. The molecule has 1 N–H and O–H groups in total. The van der Waals surface area contributed by atoms with E-state index in [2.05, 4.69) is 6.92 Å². The van der Waals surface area contributed by atoms with Crippen LogP contribution in [0.15, 0.2) is 0 Å². The summed E-state index contributed by atoms with van der Waals surface area (Å²) in [5.74, 6) is 0. The molecule has 0 aromatic rings. The van der Waals surface area contributed by atoms with Crippen LogP contribution in [-0.2, 0) is 4.74 Å². The van der Waals surface area contributed by atoms with Crippen LogP contribution < -0.4 is 0 Å². The first kappa shape index (κ1) is 15.9. The van der Waals surface area contributed by atoms with Crippen molar-refractivity contribution in [2.24, 2.45) is 0 Å². The number of aliphatic hydroxyl groups is 1. The molecule has 2 nitrogen and oxygen atoms in total. The molecule has 98 valence electrons. The molecule has 0 radical (unpaired) electrons. The molecule has 0 saturated carbocycles. The summed E-state index contributed by atoms with van der Waals surface area (Å²) in [6.07, 6.45) is 11.1. The van der Waals surface area contributed by atoms with Crippen molar-refractivity contribution in [2.45, 2.75) is 77.7 Å². The average molecular weight is 230 g/mol. The summed E-state index contributed by atoms with van der Waals surface area (Å²) in [6, 6.07) is 0. The normalized spacial score (nSPS) is 12.9. The molecule has 0 aliphatic carbocycles. The van der Waals surface area contributed by atoms with Gasteiger partial charge < -0.3 is 9.84 Å². The second-order valence-corrected chi connectivity index (χ2v) is 4.61. The molecule has 0 fully saturated rings. The lowest BCUT2D eigenvalue weighted by Gasteiger charge is -2.08. The van der Waals surface area contributed by atoms with Crippen LogP contribution in [-0.4, -0.2) is 24.4 Å². The van der Waals surface area contributed by atoms with Gasteiger partial charge in [0, 0.05) is 6.61 Å². The minimum atomic E-state index is -0.269. The summed E-state index contributed by atoms with van der Waals surface area (Å²) < 4.78 is 5.38. The smallest absolute Gasteiger partial charge is 0.0771 e. The van der Waals surface area contributed by atoms with E-state index in [0.717, 1.165) is 19.4 Å².